The van der Waals surface area contributed by atoms with E-state index in [1.165, 1.54) is 18.4 Å². The Balaban J connectivity index is 1.48. The highest BCUT2D eigenvalue weighted by Gasteiger charge is 2.53. The summed E-state index contributed by atoms with van der Waals surface area (Å²) >= 11 is 0. The number of ether oxygens (including phenoxy) is 1. The lowest BCUT2D eigenvalue weighted by atomic mass is 9.83. The van der Waals surface area contributed by atoms with Crippen molar-refractivity contribution in [2.45, 2.75) is 44.7 Å². The molecular weight excluding hydrogens is 316 g/mol. The van der Waals surface area contributed by atoms with Gasteiger partial charge in [-0.2, -0.15) is 0 Å². The molecule has 2 heterocycles. The van der Waals surface area contributed by atoms with E-state index in [4.69, 9.17) is 4.74 Å². The molecule has 0 aromatic heterocycles. The maximum Gasteiger partial charge on any atom is 0.226 e. The molecule has 134 valence electrons. The van der Waals surface area contributed by atoms with Crippen molar-refractivity contribution < 1.29 is 14.3 Å². The van der Waals surface area contributed by atoms with Crippen LogP contribution in [0.1, 0.15) is 36.8 Å². The van der Waals surface area contributed by atoms with Gasteiger partial charge >= 0.3 is 0 Å². The van der Waals surface area contributed by atoms with E-state index in [2.05, 4.69) is 31.2 Å². The molecule has 2 aliphatic heterocycles. The molecule has 5 heteroatoms. The summed E-state index contributed by atoms with van der Waals surface area (Å²) in [5.74, 6) is 0.960. The van der Waals surface area contributed by atoms with Crippen LogP contribution in [0.15, 0.2) is 24.3 Å². The fourth-order valence-electron chi connectivity index (χ4n) is 3.88. The minimum Gasteiger partial charge on any atom is -0.377 e. The van der Waals surface area contributed by atoms with Crippen LogP contribution in [-0.2, 0) is 20.9 Å². The molecule has 1 saturated carbocycles. The lowest BCUT2D eigenvalue weighted by Crippen LogP contribution is -2.69. The predicted molar refractivity (Wildman–Crippen MR) is 93.8 cm³/mol. The van der Waals surface area contributed by atoms with Crippen LogP contribution in [0.2, 0.25) is 0 Å². The first-order valence-corrected chi connectivity index (χ1v) is 9.27. The number of likely N-dealkylation sites (tertiary alicyclic amines) is 1. The minimum absolute atomic E-state index is 0.153. The average Bonchev–Trinajstić information content (AvgIpc) is 3.41. The van der Waals surface area contributed by atoms with Crippen LogP contribution in [0.3, 0.4) is 0 Å². The molecule has 2 saturated heterocycles. The molecule has 1 spiro atoms. The van der Waals surface area contributed by atoms with E-state index in [-0.39, 0.29) is 17.4 Å². The van der Waals surface area contributed by atoms with Gasteiger partial charge in [-0.1, -0.05) is 29.8 Å². The van der Waals surface area contributed by atoms with E-state index in [1.54, 1.807) is 0 Å². The first-order valence-electron chi connectivity index (χ1n) is 9.27. The highest BCUT2D eigenvalue weighted by atomic mass is 16.5. The van der Waals surface area contributed by atoms with Gasteiger partial charge in [0.15, 0.2) is 0 Å². The quantitative estimate of drug-likeness (QED) is 0.788. The lowest BCUT2D eigenvalue weighted by molar-refractivity contribution is -0.166. The van der Waals surface area contributed by atoms with Crippen molar-refractivity contribution in [3.05, 3.63) is 35.4 Å². The summed E-state index contributed by atoms with van der Waals surface area (Å²) in [5.41, 5.74) is 1.98. The van der Waals surface area contributed by atoms with Crippen LogP contribution in [0, 0.1) is 12.8 Å². The lowest BCUT2D eigenvalue weighted by Gasteiger charge is -2.52. The molecule has 25 heavy (non-hydrogen) atoms. The second kappa shape index (κ2) is 6.45. The smallest absolute Gasteiger partial charge is 0.226 e. The zero-order valence-corrected chi connectivity index (χ0v) is 14.9. The van der Waals surface area contributed by atoms with E-state index in [1.807, 2.05) is 9.80 Å². The highest BCUT2D eigenvalue weighted by Crippen LogP contribution is 2.37. The fraction of sp³-hybridized carbons (Fsp3) is 0.600. The number of benzene rings is 1. The Morgan fingerprint density at radius 2 is 2.04 bits per heavy atom. The van der Waals surface area contributed by atoms with Crippen molar-refractivity contribution in [2.75, 3.05) is 26.3 Å². The normalized spacial score (nSPS) is 26.5. The first kappa shape index (κ1) is 16.6. The number of β-lactam (4-membered cyclic amide) rings is 1. The number of hydrogen-bond acceptors (Lipinski definition) is 3. The SMILES string of the molecule is Cc1ccc(CN2C(=O)C[C@@]23COCCN(C(=O)CC2CC2)C3)cc1. The summed E-state index contributed by atoms with van der Waals surface area (Å²) < 4.78 is 5.80. The Bertz CT molecular complexity index is 668. The van der Waals surface area contributed by atoms with Gasteiger partial charge in [0.25, 0.3) is 0 Å². The van der Waals surface area contributed by atoms with Gasteiger partial charge in [0.05, 0.1) is 25.2 Å². The van der Waals surface area contributed by atoms with Crippen LogP contribution in [-0.4, -0.2) is 53.5 Å². The largest absolute Gasteiger partial charge is 0.377 e. The fourth-order valence-corrected chi connectivity index (χ4v) is 3.88. The standard InChI is InChI=1S/C20H26N2O3/c1-15-2-4-17(5-3-15)12-22-19(24)11-20(22)13-21(8-9-25-14-20)18(23)10-16-6-7-16/h2-5,16H,6-14H2,1H3/t20-/m1/s1. The predicted octanol–water partition coefficient (Wildman–Crippen LogP) is 2.13. The molecule has 1 aromatic carbocycles. The molecule has 1 aromatic rings. The molecule has 0 radical (unpaired) electrons. The van der Waals surface area contributed by atoms with Gasteiger partial charge in [0, 0.05) is 26.1 Å². The Morgan fingerprint density at radius 3 is 2.72 bits per heavy atom. The van der Waals surface area contributed by atoms with Gasteiger partial charge in [-0.25, -0.2) is 0 Å². The van der Waals surface area contributed by atoms with Crippen molar-refractivity contribution in [1.82, 2.24) is 9.80 Å². The summed E-state index contributed by atoms with van der Waals surface area (Å²) in [5, 5.41) is 0. The molecule has 3 fully saturated rings. The van der Waals surface area contributed by atoms with Gasteiger partial charge in [-0.05, 0) is 31.2 Å². The zero-order chi connectivity index (χ0) is 17.4. The minimum atomic E-state index is -0.350. The Kier molecular flexibility index (Phi) is 4.28. The van der Waals surface area contributed by atoms with E-state index >= 15 is 0 Å². The molecule has 0 unspecified atom stereocenters. The molecule has 5 nitrogen and oxygen atoms in total. The molecule has 0 N–H and O–H groups in total. The van der Waals surface area contributed by atoms with Crippen molar-refractivity contribution in [1.29, 1.82) is 0 Å². The monoisotopic (exact) mass is 342 g/mol. The van der Waals surface area contributed by atoms with Crippen molar-refractivity contribution >= 4 is 11.8 Å². The summed E-state index contributed by atoms with van der Waals surface area (Å²) in [6.07, 6.45) is 3.49. The van der Waals surface area contributed by atoms with E-state index < -0.39 is 0 Å². The Hall–Kier alpha value is -1.88. The van der Waals surface area contributed by atoms with Crippen LogP contribution < -0.4 is 0 Å². The molecule has 4 rings (SSSR count). The molecular formula is C20H26N2O3. The van der Waals surface area contributed by atoms with E-state index in [9.17, 15) is 9.59 Å². The third kappa shape index (κ3) is 3.43. The van der Waals surface area contributed by atoms with Gasteiger partial charge in [-0.15, -0.1) is 0 Å². The Labute approximate surface area is 148 Å². The molecule has 0 bridgehead atoms. The van der Waals surface area contributed by atoms with E-state index in [0.717, 1.165) is 5.56 Å². The van der Waals surface area contributed by atoms with Crippen LogP contribution in [0.5, 0.6) is 0 Å². The second-order valence-electron chi connectivity index (χ2n) is 7.88. The Morgan fingerprint density at radius 1 is 1.28 bits per heavy atom. The number of amides is 2. The number of carbonyl (C=O) groups is 2. The zero-order valence-electron chi connectivity index (χ0n) is 14.9. The van der Waals surface area contributed by atoms with Crippen LogP contribution in [0.4, 0.5) is 0 Å². The number of nitrogens with zero attached hydrogens (tertiary/aromatic N) is 2. The van der Waals surface area contributed by atoms with Gasteiger partial charge in [-0.3, -0.25) is 9.59 Å². The molecule has 2 amide bonds. The third-order valence-electron chi connectivity index (χ3n) is 5.69. The summed E-state index contributed by atoms with van der Waals surface area (Å²) in [7, 11) is 0. The number of hydrogen-bond donors (Lipinski definition) is 0. The van der Waals surface area contributed by atoms with Crippen LogP contribution in [0.25, 0.3) is 0 Å². The second-order valence-corrected chi connectivity index (χ2v) is 7.88. The van der Waals surface area contributed by atoms with E-state index in [0.29, 0.717) is 51.6 Å². The summed E-state index contributed by atoms with van der Waals surface area (Å²) in [6, 6.07) is 8.28. The highest BCUT2D eigenvalue weighted by molar-refractivity contribution is 5.86. The van der Waals surface area contributed by atoms with Gasteiger partial charge < -0.3 is 14.5 Å². The topological polar surface area (TPSA) is 49.9 Å². The number of carbonyl (C=O) groups excluding carboxylic acids is 2. The maximum absolute atomic E-state index is 12.6. The average molecular weight is 342 g/mol. The van der Waals surface area contributed by atoms with Crippen molar-refractivity contribution in [3.63, 3.8) is 0 Å². The number of rotatable bonds is 4. The third-order valence-corrected chi connectivity index (χ3v) is 5.69. The molecule has 1 aliphatic carbocycles. The van der Waals surface area contributed by atoms with Crippen LogP contribution >= 0.6 is 0 Å². The number of aryl methyl sites for hydroxylation is 1. The summed E-state index contributed by atoms with van der Waals surface area (Å²) in [4.78, 5) is 28.7. The molecule has 1 atom stereocenters. The first-order chi connectivity index (χ1) is 12.1. The van der Waals surface area contributed by atoms with Crippen molar-refractivity contribution in [2.24, 2.45) is 5.92 Å². The van der Waals surface area contributed by atoms with Gasteiger partial charge in [0.1, 0.15) is 0 Å². The van der Waals surface area contributed by atoms with Gasteiger partial charge in [0.2, 0.25) is 11.8 Å². The van der Waals surface area contributed by atoms with Crippen molar-refractivity contribution in [3.8, 4) is 0 Å². The maximum atomic E-state index is 12.6. The summed E-state index contributed by atoms with van der Waals surface area (Å²) in [6.45, 7) is 4.98. The molecule has 3 aliphatic rings.